The number of nitrogens with zero attached hydrogens (tertiary/aromatic N) is 1. The van der Waals surface area contributed by atoms with Crippen molar-refractivity contribution in [3.63, 3.8) is 0 Å². The minimum Gasteiger partial charge on any atom is -0.492 e. The van der Waals surface area contributed by atoms with Crippen LogP contribution in [0.25, 0.3) is 0 Å². The Labute approximate surface area is 126 Å². The van der Waals surface area contributed by atoms with Crippen LogP contribution in [0.15, 0.2) is 24.3 Å². The molecule has 0 unspecified atom stereocenters. The summed E-state index contributed by atoms with van der Waals surface area (Å²) in [5.74, 6) is 6.33. The minimum atomic E-state index is -0.127. The molecule has 0 aromatic heterocycles. The van der Waals surface area contributed by atoms with E-state index in [9.17, 15) is 0 Å². The zero-order valence-electron chi connectivity index (χ0n) is 12.7. The Morgan fingerprint density at radius 3 is 2.81 bits per heavy atom. The van der Waals surface area contributed by atoms with Gasteiger partial charge in [0.25, 0.3) is 0 Å². The van der Waals surface area contributed by atoms with Gasteiger partial charge in [-0.2, -0.15) is 0 Å². The number of hydrogen-bond acceptors (Lipinski definition) is 4. The monoisotopic (exact) mass is 289 g/mol. The topological polar surface area (TPSA) is 41.9 Å². The Morgan fingerprint density at radius 1 is 1.33 bits per heavy atom. The number of morpholine rings is 1. The van der Waals surface area contributed by atoms with E-state index in [-0.39, 0.29) is 18.8 Å². The molecule has 1 N–H and O–H groups in total. The molecule has 0 bridgehead atoms. The molecule has 1 aliphatic heterocycles. The van der Waals surface area contributed by atoms with Crippen molar-refractivity contribution in [2.75, 3.05) is 32.8 Å². The summed E-state index contributed by atoms with van der Waals surface area (Å²) in [7, 11) is 0. The van der Waals surface area contributed by atoms with Crippen molar-refractivity contribution in [3.05, 3.63) is 29.8 Å². The molecule has 114 valence electrons. The first-order valence-corrected chi connectivity index (χ1v) is 7.38. The van der Waals surface area contributed by atoms with Gasteiger partial charge in [0.1, 0.15) is 19.0 Å². The second kappa shape index (κ2) is 8.04. The highest BCUT2D eigenvalue weighted by molar-refractivity contribution is 5.39. The summed E-state index contributed by atoms with van der Waals surface area (Å²) in [4.78, 5) is 2.37. The van der Waals surface area contributed by atoms with Gasteiger partial charge in [-0.3, -0.25) is 4.90 Å². The van der Waals surface area contributed by atoms with Crippen LogP contribution < -0.4 is 4.74 Å². The van der Waals surface area contributed by atoms with E-state index in [2.05, 4.69) is 30.6 Å². The van der Waals surface area contributed by atoms with E-state index in [1.165, 1.54) is 0 Å². The first-order valence-electron chi connectivity index (χ1n) is 7.38. The maximum Gasteiger partial charge on any atom is 0.120 e. The molecule has 4 heteroatoms. The van der Waals surface area contributed by atoms with Gasteiger partial charge in [0, 0.05) is 25.2 Å². The lowest BCUT2D eigenvalue weighted by molar-refractivity contribution is -0.0699. The van der Waals surface area contributed by atoms with Gasteiger partial charge in [0.2, 0.25) is 0 Å². The second-order valence-corrected chi connectivity index (χ2v) is 5.35. The standard InChI is InChI=1S/C17H23NO3/c1-14-12-18(13-15(2)21-14)8-10-20-17-7-3-5-16(11-17)6-4-9-19/h3,5,7,11,14-15,19H,8-10,12-13H2,1-2H3/t14-,15+. The van der Waals surface area contributed by atoms with Crippen molar-refractivity contribution in [3.8, 4) is 17.6 Å². The third-order valence-electron chi connectivity index (χ3n) is 3.32. The predicted molar refractivity (Wildman–Crippen MR) is 82.3 cm³/mol. The third-order valence-corrected chi connectivity index (χ3v) is 3.32. The number of rotatable bonds is 4. The predicted octanol–water partition coefficient (Wildman–Crippen LogP) is 1.52. The smallest absolute Gasteiger partial charge is 0.120 e. The van der Waals surface area contributed by atoms with Gasteiger partial charge in [0.05, 0.1) is 12.2 Å². The first kappa shape index (κ1) is 15.8. The van der Waals surface area contributed by atoms with Gasteiger partial charge < -0.3 is 14.6 Å². The molecule has 1 aromatic rings. The van der Waals surface area contributed by atoms with Crippen molar-refractivity contribution < 1.29 is 14.6 Å². The van der Waals surface area contributed by atoms with Crippen molar-refractivity contribution in [2.45, 2.75) is 26.1 Å². The van der Waals surface area contributed by atoms with E-state index in [0.29, 0.717) is 6.61 Å². The summed E-state index contributed by atoms with van der Waals surface area (Å²) in [6, 6.07) is 7.64. The van der Waals surface area contributed by atoms with Gasteiger partial charge in [-0.25, -0.2) is 0 Å². The summed E-state index contributed by atoms with van der Waals surface area (Å²) in [5.41, 5.74) is 0.857. The highest BCUT2D eigenvalue weighted by atomic mass is 16.5. The largest absolute Gasteiger partial charge is 0.492 e. The maximum absolute atomic E-state index is 8.70. The van der Waals surface area contributed by atoms with Crippen LogP contribution in [0.5, 0.6) is 5.75 Å². The zero-order chi connectivity index (χ0) is 15.1. The summed E-state index contributed by atoms with van der Waals surface area (Å²) in [6.45, 7) is 7.53. The van der Waals surface area contributed by atoms with Crippen LogP contribution in [0.4, 0.5) is 0 Å². The molecule has 1 aromatic carbocycles. The maximum atomic E-state index is 8.70. The average molecular weight is 289 g/mol. The van der Waals surface area contributed by atoms with Crippen LogP contribution in [0, 0.1) is 11.8 Å². The molecular formula is C17H23NO3. The fourth-order valence-electron chi connectivity index (χ4n) is 2.56. The Balaban J connectivity index is 1.80. The second-order valence-electron chi connectivity index (χ2n) is 5.35. The molecule has 1 heterocycles. The molecule has 4 nitrogen and oxygen atoms in total. The Bertz CT molecular complexity index is 496. The number of benzene rings is 1. The Morgan fingerprint density at radius 2 is 2.10 bits per heavy atom. The fraction of sp³-hybridized carbons (Fsp3) is 0.529. The molecule has 1 saturated heterocycles. The van der Waals surface area contributed by atoms with Crippen LogP contribution in [0.2, 0.25) is 0 Å². The molecule has 0 radical (unpaired) electrons. The molecule has 21 heavy (non-hydrogen) atoms. The minimum absolute atomic E-state index is 0.127. The lowest BCUT2D eigenvalue weighted by Crippen LogP contribution is -2.46. The summed E-state index contributed by atoms with van der Waals surface area (Å²) in [5, 5.41) is 8.70. The van der Waals surface area contributed by atoms with Crippen LogP contribution in [0.3, 0.4) is 0 Å². The molecule has 1 fully saturated rings. The van der Waals surface area contributed by atoms with Gasteiger partial charge in [-0.1, -0.05) is 17.9 Å². The molecule has 0 amide bonds. The van der Waals surface area contributed by atoms with Crippen LogP contribution in [-0.4, -0.2) is 55.1 Å². The normalized spacial score (nSPS) is 22.4. The van der Waals surface area contributed by atoms with E-state index < -0.39 is 0 Å². The van der Waals surface area contributed by atoms with Gasteiger partial charge in [0.15, 0.2) is 0 Å². The first-order chi connectivity index (χ1) is 10.2. The van der Waals surface area contributed by atoms with E-state index in [1.807, 2.05) is 24.3 Å². The average Bonchev–Trinajstić information content (AvgIpc) is 2.44. The quantitative estimate of drug-likeness (QED) is 0.853. The zero-order valence-corrected chi connectivity index (χ0v) is 12.7. The molecule has 2 atom stereocenters. The molecule has 0 saturated carbocycles. The molecule has 1 aliphatic rings. The third kappa shape index (κ3) is 5.39. The van der Waals surface area contributed by atoms with Gasteiger partial charge in [-0.15, -0.1) is 0 Å². The van der Waals surface area contributed by atoms with Crippen LogP contribution >= 0.6 is 0 Å². The molecule has 2 rings (SSSR count). The molecular weight excluding hydrogens is 266 g/mol. The number of hydrogen-bond donors (Lipinski definition) is 1. The highest BCUT2D eigenvalue weighted by Crippen LogP contribution is 2.14. The van der Waals surface area contributed by atoms with Crippen molar-refractivity contribution >= 4 is 0 Å². The van der Waals surface area contributed by atoms with Crippen molar-refractivity contribution in [1.29, 1.82) is 0 Å². The van der Waals surface area contributed by atoms with Crippen LogP contribution in [0.1, 0.15) is 19.4 Å². The highest BCUT2D eigenvalue weighted by Gasteiger charge is 2.21. The van der Waals surface area contributed by atoms with E-state index >= 15 is 0 Å². The van der Waals surface area contributed by atoms with Crippen molar-refractivity contribution in [2.24, 2.45) is 0 Å². The number of ether oxygens (including phenoxy) is 2. The Kier molecular flexibility index (Phi) is 6.06. The fourth-order valence-corrected chi connectivity index (χ4v) is 2.56. The van der Waals surface area contributed by atoms with E-state index in [4.69, 9.17) is 14.6 Å². The Hall–Kier alpha value is -1.54. The van der Waals surface area contributed by atoms with Gasteiger partial charge in [-0.05, 0) is 32.0 Å². The SMILES string of the molecule is C[C@@H]1CN(CCOc2cccc(C#CCO)c2)C[C@H](C)O1. The van der Waals surface area contributed by atoms with E-state index in [1.54, 1.807) is 0 Å². The van der Waals surface area contributed by atoms with Gasteiger partial charge >= 0.3 is 0 Å². The van der Waals surface area contributed by atoms with E-state index in [0.717, 1.165) is 30.9 Å². The van der Waals surface area contributed by atoms with Crippen LogP contribution in [-0.2, 0) is 4.74 Å². The number of aliphatic hydroxyl groups excluding tert-OH is 1. The summed E-state index contributed by atoms with van der Waals surface area (Å²) in [6.07, 6.45) is 0.566. The molecule has 0 aliphatic carbocycles. The molecule has 0 spiro atoms. The number of aliphatic hydroxyl groups is 1. The van der Waals surface area contributed by atoms with Crippen molar-refractivity contribution in [1.82, 2.24) is 4.90 Å². The summed E-state index contributed by atoms with van der Waals surface area (Å²) < 4.78 is 11.5. The lowest BCUT2D eigenvalue weighted by Gasteiger charge is -2.35. The lowest BCUT2D eigenvalue weighted by atomic mass is 10.2. The summed E-state index contributed by atoms with van der Waals surface area (Å²) >= 11 is 0.